The Balaban J connectivity index is 1.28. The molecule has 1 N–H and O–H groups in total. The average molecular weight is 417 g/mol. The summed E-state index contributed by atoms with van der Waals surface area (Å²) in [5.41, 5.74) is 0.951. The largest absolute Gasteiger partial charge is 0.337 e. The third-order valence-electron chi connectivity index (χ3n) is 6.75. The number of amides is 3. The molecule has 6 nitrogen and oxygen atoms in total. The fourth-order valence-corrected chi connectivity index (χ4v) is 4.99. The second-order valence-corrected chi connectivity index (χ2v) is 8.85. The molecule has 0 radical (unpaired) electrons. The summed E-state index contributed by atoms with van der Waals surface area (Å²) in [6.45, 7) is 4.24. The first-order chi connectivity index (χ1) is 14.6. The van der Waals surface area contributed by atoms with Crippen molar-refractivity contribution < 1.29 is 14.0 Å². The van der Waals surface area contributed by atoms with Gasteiger partial charge in [0.15, 0.2) is 0 Å². The van der Waals surface area contributed by atoms with E-state index < -0.39 is 0 Å². The summed E-state index contributed by atoms with van der Waals surface area (Å²) >= 11 is 0. The van der Waals surface area contributed by atoms with Crippen molar-refractivity contribution in [2.75, 3.05) is 32.7 Å². The van der Waals surface area contributed by atoms with E-state index in [-0.39, 0.29) is 23.8 Å². The molecule has 2 saturated heterocycles. The van der Waals surface area contributed by atoms with Gasteiger partial charge in [0.1, 0.15) is 5.82 Å². The molecular weight excluding hydrogens is 383 g/mol. The molecule has 0 bridgehead atoms. The predicted molar refractivity (Wildman–Crippen MR) is 113 cm³/mol. The van der Waals surface area contributed by atoms with Crippen molar-refractivity contribution in [3.05, 3.63) is 35.6 Å². The number of hydrogen-bond donors (Lipinski definition) is 1. The highest BCUT2D eigenvalue weighted by Crippen LogP contribution is 2.22. The highest BCUT2D eigenvalue weighted by Gasteiger charge is 2.36. The van der Waals surface area contributed by atoms with Crippen molar-refractivity contribution in [1.29, 1.82) is 0 Å². The lowest BCUT2D eigenvalue weighted by molar-refractivity contribution is -0.132. The maximum atomic E-state index is 13.1. The summed E-state index contributed by atoms with van der Waals surface area (Å²) in [6, 6.07) is 6.63. The average Bonchev–Trinajstić information content (AvgIpc) is 2.96. The maximum absolute atomic E-state index is 13.1. The van der Waals surface area contributed by atoms with Gasteiger partial charge in [-0.2, -0.15) is 0 Å². The molecule has 4 rings (SSSR count). The predicted octanol–water partition coefficient (Wildman–Crippen LogP) is 2.98. The maximum Gasteiger partial charge on any atom is 0.317 e. The van der Waals surface area contributed by atoms with E-state index in [1.54, 1.807) is 12.1 Å². The Morgan fingerprint density at radius 2 is 1.70 bits per heavy atom. The van der Waals surface area contributed by atoms with Crippen molar-refractivity contribution in [2.24, 2.45) is 0 Å². The molecule has 1 aromatic rings. The number of nitrogens with one attached hydrogen (secondary N) is 1. The van der Waals surface area contributed by atoms with E-state index in [0.717, 1.165) is 57.4 Å². The molecule has 1 aromatic carbocycles. The monoisotopic (exact) mass is 416 g/mol. The molecule has 3 amide bonds. The molecule has 0 aromatic heterocycles. The summed E-state index contributed by atoms with van der Waals surface area (Å²) in [5, 5.41) is 3.21. The zero-order valence-corrected chi connectivity index (χ0v) is 17.7. The summed E-state index contributed by atoms with van der Waals surface area (Å²) in [4.78, 5) is 31.7. The minimum absolute atomic E-state index is 0.0550. The Morgan fingerprint density at radius 3 is 2.47 bits per heavy atom. The molecule has 7 heteroatoms. The van der Waals surface area contributed by atoms with E-state index >= 15 is 0 Å². The van der Waals surface area contributed by atoms with E-state index in [4.69, 9.17) is 0 Å². The van der Waals surface area contributed by atoms with Crippen LogP contribution in [0.1, 0.15) is 50.5 Å². The minimum atomic E-state index is -0.258. The number of rotatable bonds is 4. The van der Waals surface area contributed by atoms with Crippen LogP contribution in [0, 0.1) is 5.82 Å². The second-order valence-electron chi connectivity index (χ2n) is 8.85. The molecular formula is C23H33FN4O2. The first-order valence-corrected chi connectivity index (χ1v) is 11.4. The zero-order valence-electron chi connectivity index (χ0n) is 17.7. The van der Waals surface area contributed by atoms with Gasteiger partial charge >= 0.3 is 6.03 Å². The number of urea groups is 1. The van der Waals surface area contributed by atoms with Crippen LogP contribution < -0.4 is 5.32 Å². The first-order valence-electron chi connectivity index (χ1n) is 11.4. The van der Waals surface area contributed by atoms with Gasteiger partial charge in [-0.3, -0.25) is 9.69 Å². The van der Waals surface area contributed by atoms with E-state index in [9.17, 15) is 14.0 Å². The quantitative estimate of drug-likeness (QED) is 0.821. The molecule has 2 aliphatic heterocycles. The van der Waals surface area contributed by atoms with Gasteiger partial charge in [-0.1, -0.05) is 31.4 Å². The number of halogens is 1. The summed E-state index contributed by atoms with van der Waals surface area (Å²) in [7, 11) is 0. The molecule has 1 saturated carbocycles. The number of carbonyl (C=O) groups excluding carboxylic acids is 2. The topological polar surface area (TPSA) is 55.9 Å². The number of nitrogens with zero attached hydrogens (tertiary/aromatic N) is 3. The first kappa shape index (κ1) is 21.1. The van der Waals surface area contributed by atoms with E-state index in [0.29, 0.717) is 19.1 Å². The number of benzene rings is 1. The second kappa shape index (κ2) is 9.77. The third kappa shape index (κ3) is 5.12. The van der Waals surface area contributed by atoms with Crippen molar-refractivity contribution in [1.82, 2.24) is 20.0 Å². The van der Waals surface area contributed by atoms with Crippen molar-refractivity contribution in [3.8, 4) is 0 Å². The van der Waals surface area contributed by atoms with Gasteiger partial charge in [-0.25, -0.2) is 9.18 Å². The lowest BCUT2D eigenvalue weighted by Gasteiger charge is -2.28. The molecule has 2 heterocycles. The highest BCUT2D eigenvalue weighted by molar-refractivity contribution is 5.84. The Morgan fingerprint density at radius 1 is 0.933 bits per heavy atom. The van der Waals surface area contributed by atoms with Crippen LogP contribution in [0.15, 0.2) is 24.3 Å². The van der Waals surface area contributed by atoms with Gasteiger partial charge in [0, 0.05) is 45.3 Å². The van der Waals surface area contributed by atoms with Gasteiger partial charge in [0.05, 0.1) is 6.04 Å². The number of carbonyl (C=O) groups is 2. The summed E-state index contributed by atoms with van der Waals surface area (Å²) < 4.78 is 13.1. The van der Waals surface area contributed by atoms with Crippen LogP contribution in [-0.4, -0.2) is 71.4 Å². The van der Waals surface area contributed by atoms with Crippen LogP contribution in [0.5, 0.6) is 0 Å². The fraction of sp³-hybridized carbons (Fsp3) is 0.652. The number of hydrogen-bond acceptors (Lipinski definition) is 3. The Bertz CT molecular complexity index is 735. The smallest absolute Gasteiger partial charge is 0.317 e. The van der Waals surface area contributed by atoms with Crippen LogP contribution in [-0.2, 0) is 11.3 Å². The summed E-state index contributed by atoms with van der Waals surface area (Å²) in [5.74, 6) is -0.106. The summed E-state index contributed by atoms with van der Waals surface area (Å²) in [6.07, 6.45) is 7.57. The Labute approximate surface area is 178 Å². The third-order valence-corrected chi connectivity index (χ3v) is 6.75. The lowest BCUT2D eigenvalue weighted by atomic mass is 9.96. The van der Waals surface area contributed by atoms with Crippen LogP contribution in [0.25, 0.3) is 0 Å². The minimum Gasteiger partial charge on any atom is -0.337 e. The Hall–Kier alpha value is -2.15. The molecule has 0 spiro atoms. The molecule has 3 fully saturated rings. The van der Waals surface area contributed by atoms with Gasteiger partial charge in [-0.05, 0) is 43.4 Å². The molecule has 164 valence electrons. The number of likely N-dealkylation sites (tertiary alicyclic amines) is 1. The molecule has 1 aliphatic carbocycles. The van der Waals surface area contributed by atoms with E-state index in [2.05, 4.69) is 10.2 Å². The highest BCUT2D eigenvalue weighted by atomic mass is 19.1. The SMILES string of the molecule is O=C(NC1CCCCC1)N1CCCN(C2CCN(Cc3ccc(F)cc3)C2=O)CC1. The fourth-order valence-electron chi connectivity index (χ4n) is 4.99. The Kier molecular flexibility index (Phi) is 6.87. The van der Waals surface area contributed by atoms with Crippen molar-refractivity contribution in [2.45, 2.75) is 63.6 Å². The van der Waals surface area contributed by atoms with Crippen LogP contribution in [0.2, 0.25) is 0 Å². The lowest BCUT2D eigenvalue weighted by Crippen LogP contribution is -2.47. The van der Waals surface area contributed by atoms with Gasteiger partial charge < -0.3 is 15.1 Å². The van der Waals surface area contributed by atoms with Crippen LogP contribution in [0.3, 0.4) is 0 Å². The normalized spacial score (nSPS) is 24.2. The van der Waals surface area contributed by atoms with Gasteiger partial charge in [0.2, 0.25) is 5.91 Å². The van der Waals surface area contributed by atoms with Crippen molar-refractivity contribution >= 4 is 11.9 Å². The molecule has 1 unspecified atom stereocenters. The van der Waals surface area contributed by atoms with E-state index in [1.807, 2.05) is 9.80 Å². The standard InChI is InChI=1S/C23H33FN4O2/c24-19-9-7-18(8-10-19)17-28-14-11-21(22(28)29)26-12-4-13-27(16-15-26)23(30)25-20-5-2-1-3-6-20/h7-10,20-21H,1-6,11-17H2,(H,25,30). The van der Waals surface area contributed by atoms with Crippen LogP contribution in [0.4, 0.5) is 9.18 Å². The molecule has 1 atom stereocenters. The van der Waals surface area contributed by atoms with Gasteiger partial charge in [0.25, 0.3) is 0 Å². The van der Waals surface area contributed by atoms with Gasteiger partial charge in [-0.15, -0.1) is 0 Å². The zero-order chi connectivity index (χ0) is 20.9. The molecule has 3 aliphatic rings. The van der Waals surface area contributed by atoms with Crippen LogP contribution >= 0.6 is 0 Å². The van der Waals surface area contributed by atoms with Crippen molar-refractivity contribution in [3.63, 3.8) is 0 Å². The van der Waals surface area contributed by atoms with E-state index in [1.165, 1.54) is 31.4 Å². The molecule has 30 heavy (non-hydrogen) atoms.